The van der Waals surface area contributed by atoms with Gasteiger partial charge in [-0.1, -0.05) is 57.2 Å². The lowest BCUT2D eigenvalue weighted by Crippen LogP contribution is -2.43. The number of hydrogen-bond acceptors (Lipinski definition) is 4. The van der Waals surface area contributed by atoms with E-state index in [0.717, 1.165) is 22.6 Å². The van der Waals surface area contributed by atoms with Crippen LogP contribution >= 0.6 is 0 Å². The van der Waals surface area contributed by atoms with E-state index in [0.29, 0.717) is 6.61 Å². The molecule has 164 valence electrons. The van der Waals surface area contributed by atoms with Crippen LogP contribution < -0.4 is 9.47 Å². The van der Waals surface area contributed by atoms with Crippen molar-refractivity contribution in [2.45, 2.75) is 50.9 Å². The summed E-state index contributed by atoms with van der Waals surface area (Å²) < 4.78 is 16.8. The van der Waals surface area contributed by atoms with Crippen LogP contribution in [-0.2, 0) is 4.43 Å². The molecule has 0 amide bonds. The molecule has 2 atom stereocenters. The minimum Gasteiger partial charge on any atom is -0.497 e. The van der Waals surface area contributed by atoms with Crippen molar-refractivity contribution in [3.8, 4) is 11.5 Å². The third-order valence-electron chi connectivity index (χ3n) is 5.95. The fourth-order valence-corrected chi connectivity index (χ4v) is 3.85. The van der Waals surface area contributed by atoms with Gasteiger partial charge in [0.1, 0.15) is 11.5 Å². The molecule has 0 saturated heterocycles. The molecule has 0 spiro atoms. The van der Waals surface area contributed by atoms with E-state index in [2.05, 4.69) is 33.9 Å². The Morgan fingerprint density at radius 3 is 1.87 bits per heavy atom. The molecule has 2 aromatic rings. The Balaban J connectivity index is 2.24. The van der Waals surface area contributed by atoms with E-state index >= 15 is 0 Å². The average Bonchev–Trinajstić information content (AvgIpc) is 2.72. The predicted molar refractivity (Wildman–Crippen MR) is 127 cm³/mol. The Bertz CT molecular complexity index is 805. The summed E-state index contributed by atoms with van der Waals surface area (Å²) in [5, 5.41) is 11.2. The Kier molecular flexibility index (Phi) is 8.30. The van der Waals surface area contributed by atoms with Gasteiger partial charge in [-0.2, -0.15) is 0 Å². The van der Waals surface area contributed by atoms with E-state index in [-0.39, 0.29) is 11.0 Å². The van der Waals surface area contributed by atoms with Crippen LogP contribution in [0, 0.1) is 0 Å². The van der Waals surface area contributed by atoms with Gasteiger partial charge in [-0.15, -0.1) is 0 Å². The maximum Gasteiger partial charge on any atom is 0.192 e. The van der Waals surface area contributed by atoms with Crippen molar-refractivity contribution in [2.75, 3.05) is 20.8 Å². The highest BCUT2D eigenvalue weighted by Gasteiger charge is 2.38. The number of aliphatic hydroxyl groups is 1. The van der Waals surface area contributed by atoms with Crippen molar-refractivity contribution in [1.29, 1.82) is 0 Å². The van der Waals surface area contributed by atoms with E-state index in [9.17, 15) is 5.11 Å². The lowest BCUT2D eigenvalue weighted by atomic mass is 9.92. The van der Waals surface area contributed by atoms with Crippen LogP contribution in [0.4, 0.5) is 0 Å². The summed E-state index contributed by atoms with van der Waals surface area (Å²) in [5.41, 5.74) is 2.07. The molecule has 0 heterocycles. The Morgan fingerprint density at radius 2 is 1.40 bits per heavy atom. The predicted octanol–water partition coefficient (Wildman–Crippen LogP) is 5.88. The zero-order valence-electron chi connectivity index (χ0n) is 19.3. The van der Waals surface area contributed by atoms with Crippen LogP contribution in [0.25, 0.3) is 6.08 Å². The molecular weight excluding hydrogens is 392 g/mol. The average molecular weight is 429 g/mol. The van der Waals surface area contributed by atoms with Crippen molar-refractivity contribution in [3.63, 3.8) is 0 Å². The Hall–Kier alpha value is -2.08. The lowest BCUT2D eigenvalue weighted by Gasteiger charge is -2.37. The first-order chi connectivity index (χ1) is 14.1. The highest BCUT2D eigenvalue weighted by molar-refractivity contribution is 6.74. The van der Waals surface area contributed by atoms with E-state index in [1.165, 1.54) is 0 Å². The second-order valence-corrected chi connectivity index (χ2v) is 13.9. The standard InChI is InChI=1S/C25H36O4Si/c1-25(2,3)30(6,7)29-18-24(26)23(20-11-15-22(28-5)16-12-20)17-10-19-8-13-21(27-4)14-9-19/h8-17,23-24,26H,18H2,1-7H3/b17-10-/t23-,24-/m0/s1. The third-order valence-corrected chi connectivity index (χ3v) is 10.4. The van der Waals surface area contributed by atoms with Crippen LogP contribution in [0.2, 0.25) is 18.1 Å². The number of aliphatic hydroxyl groups excluding tert-OH is 1. The molecule has 30 heavy (non-hydrogen) atoms. The largest absolute Gasteiger partial charge is 0.497 e. The van der Waals surface area contributed by atoms with Gasteiger partial charge in [-0.25, -0.2) is 0 Å². The van der Waals surface area contributed by atoms with Crippen LogP contribution in [-0.4, -0.2) is 40.4 Å². The van der Waals surface area contributed by atoms with Crippen LogP contribution in [0.15, 0.2) is 54.6 Å². The number of ether oxygens (including phenoxy) is 2. The second kappa shape index (κ2) is 10.3. The van der Waals surface area contributed by atoms with Gasteiger partial charge >= 0.3 is 0 Å². The summed E-state index contributed by atoms with van der Waals surface area (Å²) in [7, 11) is 1.36. The highest BCUT2D eigenvalue weighted by Crippen LogP contribution is 2.37. The Morgan fingerprint density at radius 1 is 0.900 bits per heavy atom. The van der Waals surface area contributed by atoms with Crippen LogP contribution in [0.3, 0.4) is 0 Å². The molecule has 0 aliphatic rings. The monoisotopic (exact) mass is 428 g/mol. The quantitative estimate of drug-likeness (QED) is 0.506. The lowest BCUT2D eigenvalue weighted by molar-refractivity contribution is 0.0888. The minimum absolute atomic E-state index is 0.0985. The second-order valence-electron chi connectivity index (χ2n) is 9.07. The van der Waals surface area contributed by atoms with E-state index < -0.39 is 14.4 Å². The molecule has 0 radical (unpaired) electrons. The van der Waals surface area contributed by atoms with Crippen molar-refractivity contribution in [1.82, 2.24) is 0 Å². The Labute approximate surface area is 182 Å². The summed E-state index contributed by atoms with van der Waals surface area (Å²) in [6.45, 7) is 11.3. The zero-order valence-corrected chi connectivity index (χ0v) is 20.3. The van der Waals surface area contributed by atoms with Gasteiger partial charge in [0.05, 0.1) is 26.9 Å². The van der Waals surface area contributed by atoms with Crippen molar-refractivity contribution in [3.05, 3.63) is 65.7 Å². The first-order valence-corrected chi connectivity index (χ1v) is 13.3. The molecule has 0 saturated carbocycles. The van der Waals surface area contributed by atoms with Gasteiger partial charge in [0.2, 0.25) is 0 Å². The van der Waals surface area contributed by atoms with Crippen LogP contribution in [0.5, 0.6) is 11.5 Å². The maximum absolute atomic E-state index is 11.1. The molecular formula is C25H36O4Si. The van der Waals surface area contributed by atoms with E-state index in [4.69, 9.17) is 13.9 Å². The molecule has 0 fully saturated rings. The summed E-state index contributed by atoms with van der Waals surface area (Å²) in [5.74, 6) is 1.42. The minimum atomic E-state index is -1.94. The van der Waals surface area contributed by atoms with Crippen LogP contribution in [0.1, 0.15) is 37.8 Å². The summed E-state index contributed by atoms with van der Waals surface area (Å²) in [6, 6.07) is 15.7. The molecule has 1 N–H and O–H groups in total. The van der Waals surface area contributed by atoms with Crippen molar-refractivity contribution < 1.29 is 19.0 Å². The molecule has 0 unspecified atom stereocenters. The zero-order chi connectivity index (χ0) is 22.4. The number of hydrogen-bond donors (Lipinski definition) is 1. The van der Waals surface area contributed by atoms with Gasteiger partial charge < -0.3 is 19.0 Å². The first kappa shape index (κ1) is 24.2. The van der Waals surface area contributed by atoms with Gasteiger partial charge in [0.25, 0.3) is 0 Å². The fraction of sp³-hybridized carbons (Fsp3) is 0.440. The fourth-order valence-electron chi connectivity index (χ4n) is 2.83. The topological polar surface area (TPSA) is 47.9 Å². The SMILES string of the molecule is COc1ccc(/C=C\[C@@H](c2ccc(OC)cc2)[C@@H](O)CO[Si](C)(C)C(C)(C)C)cc1. The molecule has 2 aromatic carbocycles. The summed E-state index contributed by atoms with van der Waals surface area (Å²) >= 11 is 0. The molecule has 0 aliphatic carbocycles. The van der Waals surface area contributed by atoms with Crippen molar-refractivity contribution in [2.24, 2.45) is 0 Å². The number of benzene rings is 2. The first-order valence-electron chi connectivity index (χ1n) is 10.4. The number of rotatable bonds is 9. The van der Waals surface area contributed by atoms with E-state index in [1.54, 1.807) is 14.2 Å². The normalized spacial score (nSPS) is 14.5. The van der Waals surface area contributed by atoms with E-state index in [1.807, 2.05) is 60.7 Å². The summed E-state index contributed by atoms with van der Waals surface area (Å²) in [6.07, 6.45) is 3.43. The highest BCUT2D eigenvalue weighted by atomic mass is 28.4. The molecule has 0 bridgehead atoms. The van der Waals surface area contributed by atoms with Gasteiger partial charge in [-0.3, -0.25) is 0 Å². The smallest absolute Gasteiger partial charge is 0.192 e. The molecule has 4 nitrogen and oxygen atoms in total. The maximum atomic E-state index is 11.1. The summed E-state index contributed by atoms with van der Waals surface area (Å²) in [4.78, 5) is 0. The molecule has 0 aromatic heterocycles. The molecule has 2 rings (SSSR count). The van der Waals surface area contributed by atoms with Crippen molar-refractivity contribution >= 4 is 14.4 Å². The molecule has 5 heteroatoms. The third kappa shape index (κ3) is 6.46. The number of methoxy groups -OCH3 is 2. The van der Waals surface area contributed by atoms with Gasteiger partial charge in [0, 0.05) is 5.92 Å². The van der Waals surface area contributed by atoms with Gasteiger partial charge in [0.15, 0.2) is 8.32 Å². The van der Waals surface area contributed by atoms with Gasteiger partial charge in [-0.05, 0) is 53.5 Å². The molecule has 0 aliphatic heterocycles.